The van der Waals surface area contributed by atoms with Crippen LogP contribution in [-0.2, 0) is 0 Å². The minimum absolute atomic E-state index is 0.0660. The van der Waals surface area contributed by atoms with E-state index in [1.165, 1.54) is 6.07 Å². The van der Waals surface area contributed by atoms with Crippen molar-refractivity contribution in [2.45, 2.75) is 6.18 Å². The molecule has 0 heterocycles. The van der Waals surface area contributed by atoms with Crippen LogP contribution in [0.15, 0.2) is 24.3 Å². The highest BCUT2D eigenvalue weighted by Gasteiger charge is 2.21. The van der Waals surface area contributed by atoms with Gasteiger partial charge in [-0.1, -0.05) is 23.7 Å². The van der Waals surface area contributed by atoms with Crippen LogP contribution >= 0.6 is 11.6 Å². The molecule has 0 saturated carbocycles. The minimum Gasteiger partial charge on any atom is -0.205 e. The molecule has 0 aromatic heterocycles. The van der Waals surface area contributed by atoms with E-state index >= 15 is 0 Å². The summed E-state index contributed by atoms with van der Waals surface area (Å²) in [4.78, 5) is 0. The second-order valence-corrected chi connectivity index (χ2v) is 2.96. The Hall–Kier alpha value is -1.03. The number of allylic oxidation sites excluding steroid dienone is 1. The quantitative estimate of drug-likeness (QED) is 0.631. The molecular formula is C9H5ClF4. The van der Waals surface area contributed by atoms with Crippen LogP contribution in [0.1, 0.15) is 5.56 Å². The highest BCUT2D eigenvalue weighted by atomic mass is 35.5. The maximum atomic E-state index is 12.6. The number of alkyl halides is 3. The topological polar surface area (TPSA) is 0 Å². The maximum Gasteiger partial charge on any atom is 0.409 e. The molecule has 0 bridgehead atoms. The van der Waals surface area contributed by atoms with E-state index in [1.54, 1.807) is 0 Å². The van der Waals surface area contributed by atoms with Gasteiger partial charge in [0.05, 0.1) is 5.02 Å². The van der Waals surface area contributed by atoms with Gasteiger partial charge < -0.3 is 0 Å². The van der Waals surface area contributed by atoms with Crippen molar-refractivity contribution in [3.8, 4) is 0 Å². The normalized spacial score (nSPS) is 12.4. The molecule has 76 valence electrons. The first kappa shape index (κ1) is 11.0. The van der Waals surface area contributed by atoms with E-state index in [4.69, 9.17) is 11.6 Å². The summed E-state index contributed by atoms with van der Waals surface area (Å²) in [5.41, 5.74) is 0.203. The van der Waals surface area contributed by atoms with E-state index < -0.39 is 12.0 Å². The van der Waals surface area contributed by atoms with Crippen molar-refractivity contribution in [2.75, 3.05) is 0 Å². The number of hydrogen-bond donors (Lipinski definition) is 0. The van der Waals surface area contributed by atoms with Crippen LogP contribution < -0.4 is 0 Å². The molecule has 1 rings (SSSR count). The third-order valence-electron chi connectivity index (χ3n) is 1.41. The van der Waals surface area contributed by atoms with Crippen LogP contribution in [-0.4, -0.2) is 6.18 Å². The summed E-state index contributed by atoms with van der Waals surface area (Å²) in [6.07, 6.45) is -3.48. The number of halogens is 5. The Labute approximate surface area is 82.8 Å². The van der Waals surface area contributed by atoms with E-state index in [1.807, 2.05) is 0 Å². The van der Waals surface area contributed by atoms with Crippen LogP contribution in [0.2, 0.25) is 5.02 Å². The molecule has 0 amide bonds. The van der Waals surface area contributed by atoms with E-state index in [-0.39, 0.29) is 16.7 Å². The molecular weight excluding hydrogens is 220 g/mol. The largest absolute Gasteiger partial charge is 0.409 e. The Morgan fingerprint density at radius 2 is 1.86 bits per heavy atom. The van der Waals surface area contributed by atoms with Crippen molar-refractivity contribution >= 4 is 17.7 Å². The van der Waals surface area contributed by atoms with Crippen LogP contribution in [0.3, 0.4) is 0 Å². The zero-order chi connectivity index (χ0) is 10.8. The Kier molecular flexibility index (Phi) is 3.16. The highest BCUT2D eigenvalue weighted by Crippen LogP contribution is 2.20. The molecule has 1 aromatic rings. The van der Waals surface area contributed by atoms with E-state index in [0.717, 1.165) is 18.2 Å². The summed E-state index contributed by atoms with van der Waals surface area (Å²) in [6, 6.07) is 3.35. The van der Waals surface area contributed by atoms with Crippen molar-refractivity contribution in [3.63, 3.8) is 0 Å². The van der Waals surface area contributed by atoms with Crippen LogP contribution in [0.5, 0.6) is 0 Å². The van der Waals surface area contributed by atoms with Crippen molar-refractivity contribution < 1.29 is 17.6 Å². The first-order chi connectivity index (χ1) is 6.38. The fraction of sp³-hybridized carbons (Fsp3) is 0.111. The summed E-state index contributed by atoms with van der Waals surface area (Å²) in [7, 11) is 0. The fourth-order valence-electron chi connectivity index (χ4n) is 0.807. The first-order valence-electron chi connectivity index (χ1n) is 3.59. The summed E-state index contributed by atoms with van der Waals surface area (Å²) >= 11 is 5.37. The van der Waals surface area contributed by atoms with Crippen LogP contribution in [0, 0.1) is 5.82 Å². The van der Waals surface area contributed by atoms with E-state index in [2.05, 4.69) is 0 Å². The Balaban J connectivity index is 2.89. The molecule has 0 nitrogen and oxygen atoms in total. The van der Waals surface area contributed by atoms with Gasteiger partial charge >= 0.3 is 6.18 Å². The minimum atomic E-state index is -4.37. The molecule has 0 aliphatic carbocycles. The third-order valence-corrected chi connectivity index (χ3v) is 1.70. The highest BCUT2D eigenvalue weighted by molar-refractivity contribution is 6.30. The molecule has 14 heavy (non-hydrogen) atoms. The predicted molar refractivity (Wildman–Crippen MR) is 46.5 cm³/mol. The third kappa shape index (κ3) is 3.38. The van der Waals surface area contributed by atoms with Gasteiger partial charge in [-0.15, -0.1) is 0 Å². The number of benzene rings is 1. The summed E-state index contributed by atoms with van der Waals surface area (Å²) in [5, 5.41) is -0.200. The molecule has 0 fully saturated rings. The lowest BCUT2D eigenvalue weighted by Gasteiger charge is -1.99. The van der Waals surface area contributed by atoms with Gasteiger partial charge in [-0.25, -0.2) is 4.39 Å². The Morgan fingerprint density at radius 3 is 2.36 bits per heavy atom. The van der Waals surface area contributed by atoms with Crippen molar-refractivity contribution in [2.24, 2.45) is 0 Å². The van der Waals surface area contributed by atoms with Crippen LogP contribution in [0.4, 0.5) is 17.6 Å². The molecule has 0 saturated heterocycles. The molecule has 0 atom stereocenters. The fourth-order valence-corrected chi connectivity index (χ4v) is 0.996. The van der Waals surface area contributed by atoms with E-state index in [9.17, 15) is 17.6 Å². The molecule has 0 unspecified atom stereocenters. The van der Waals surface area contributed by atoms with Gasteiger partial charge in [-0.2, -0.15) is 13.2 Å². The lowest BCUT2D eigenvalue weighted by atomic mass is 10.2. The molecule has 0 aliphatic heterocycles. The smallest absolute Gasteiger partial charge is 0.205 e. The number of rotatable bonds is 1. The predicted octanol–water partition coefficient (Wildman–Crippen LogP) is 4.05. The molecule has 0 aliphatic rings. The monoisotopic (exact) mass is 224 g/mol. The van der Waals surface area contributed by atoms with Gasteiger partial charge in [0.2, 0.25) is 0 Å². The molecule has 5 heteroatoms. The zero-order valence-corrected chi connectivity index (χ0v) is 7.53. The Morgan fingerprint density at radius 1 is 1.21 bits per heavy atom. The van der Waals surface area contributed by atoms with Gasteiger partial charge in [0.15, 0.2) is 0 Å². The Bertz CT molecular complexity index is 354. The van der Waals surface area contributed by atoms with Gasteiger partial charge in [0, 0.05) is 6.08 Å². The molecule has 0 radical (unpaired) electrons. The summed E-state index contributed by atoms with van der Waals surface area (Å²) in [6.45, 7) is 0. The second kappa shape index (κ2) is 4.00. The molecule has 0 N–H and O–H groups in total. The maximum absolute atomic E-state index is 12.6. The summed E-state index contributed by atoms with van der Waals surface area (Å²) < 4.78 is 47.8. The average molecular weight is 225 g/mol. The average Bonchev–Trinajstić information content (AvgIpc) is 2.06. The zero-order valence-electron chi connectivity index (χ0n) is 6.78. The lowest BCUT2D eigenvalue weighted by molar-refractivity contribution is -0.0790. The summed E-state index contributed by atoms with van der Waals surface area (Å²) in [5.74, 6) is -0.657. The van der Waals surface area contributed by atoms with Crippen molar-refractivity contribution in [1.29, 1.82) is 0 Å². The van der Waals surface area contributed by atoms with Crippen LogP contribution in [0.25, 0.3) is 6.08 Å². The standard InChI is InChI=1S/C9H5ClF4/c10-7-5-6(1-2-8(7)11)3-4-9(12,13)14/h1-5H/b4-3+. The number of hydrogen-bond acceptors (Lipinski definition) is 0. The van der Waals surface area contributed by atoms with Gasteiger partial charge in [0.25, 0.3) is 0 Å². The van der Waals surface area contributed by atoms with Gasteiger partial charge in [0.1, 0.15) is 5.82 Å². The SMILES string of the molecule is Fc1ccc(/C=C/C(F)(F)F)cc1Cl. The van der Waals surface area contributed by atoms with Gasteiger partial charge in [-0.3, -0.25) is 0 Å². The first-order valence-corrected chi connectivity index (χ1v) is 3.97. The second-order valence-electron chi connectivity index (χ2n) is 2.55. The van der Waals surface area contributed by atoms with Crippen molar-refractivity contribution in [1.82, 2.24) is 0 Å². The lowest BCUT2D eigenvalue weighted by Crippen LogP contribution is -2.00. The van der Waals surface area contributed by atoms with Crippen molar-refractivity contribution in [3.05, 3.63) is 40.7 Å². The molecule has 0 spiro atoms. The van der Waals surface area contributed by atoms with E-state index in [0.29, 0.717) is 0 Å². The van der Waals surface area contributed by atoms with Gasteiger partial charge in [-0.05, 0) is 17.7 Å². The molecule has 1 aromatic carbocycles.